The van der Waals surface area contributed by atoms with Gasteiger partial charge in [0.25, 0.3) is 5.91 Å². The van der Waals surface area contributed by atoms with Gasteiger partial charge in [0, 0.05) is 24.7 Å². The molecule has 0 radical (unpaired) electrons. The van der Waals surface area contributed by atoms with Crippen molar-refractivity contribution in [3.05, 3.63) is 71.8 Å². The summed E-state index contributed by atoms with van der Waals surface area (Å²) in [5.74, 6) is -0.628. The molecule has 0 heterocycles. The first kappa shape index (κ1) is 17.7. The Morgan fingerprint density at radius 1 is 0.917 bits per heavy atom. The first-order valence-corrected chi connectivity index (χ1v) is 8.01. The summed E-state index contributed by atoms with van der Waals surface area (Å²) in [7, 11) is 0. The maximum Gasteiger partial charge on any atom is 0.251 e. The smallest absolute Gasteiger partial charge is 0.251 e. The van der Waals surface area contributed by atoms with Crippen LogP contribution in [0.3, 0.4) is 0 Å². The number of hydrogen-bond donors (Lipinski definition) is 3. The van der Waals surface area contributed by atoms with E-state index in [1.165, 1.54) is 0 Å². The van der Waals surface area contributed by atoms with Gasteiger partial charge in [-0.2, -0.15) is 0 Å². The highest BCUT2D eigenvalue weighted by molar-refractivity contribution is 5.94. The summed E-state index contributed by atoms with van der Waals surface area (Å²) in [5.41, 5.74) is 7.67. The molecule has 5 nitrogen and oxygen atoms in total. The van der Waals surface area contributed by atoms with E-state index >= 15 is 0 Å². The molecule has 0 aliphatic heterocycles. The van der Waals surface area contributed by atoms with Crippen LogP contribution in [-0.4, -0.2) is 24.9 Å². The quantitative estimate of drug-likeness (QED) is 0.680. The van der Waals surface area contributed by atoms with Crippen LogP contribution < -0.4 is 16.4 Å². The Labute approximate surface area is 142 Å². The van der Waals surface area contributed by atoms with Crippen molar-refractivity contribution in [1.29, 1.82) is 0 Å². The highest BCUT2D eigenvalue weighted by atomic mass is 16.2. The van der Waals surface area contributed by atoms with Crippen LogP contribution in [-0.2, 0) is 4.79 Å². The van der Waals surface area contributed by atoms with Crippen LogP contribution in [0.4, 0.5) is 0 Å². The van der Waals surface area contributed by atoms with Crippen molar-refractivity contribution in [2.45, 2.75) is 13.0 Å². The highest BCUT2D eigenvalue weighted by Gasteiger charge is 2.21. The molecule has 0 saturated carbocycles. The lowest BCUT2D eigenvalue weighted by Gasteiger charge is -2.19. The minimum atomic E-state index is -0.356. The van der Waals surface area contributed by atoms with Crippen molar-refractivity contribution < 1.29 is 9.59 Å². The van der Waals surface area contributed by atoms with Crippen molar-refractivity contribution in [2.75, 3.05) is 13.1 Å². The van der Waals surface area contributed by atoms with Crippen LogP contribution >= 0.6 is 0 Å². The van der Waals surface area contributed by atoms with Crippen molar-refractivity contribution in [2.24, 2.45) is 11.7 Å². The lowest BCUT2D eigenvalue weighted by atomic mass is 9.95. The SMILES string of the molecule is CC(C(=O)NCCNC(=O)c1ccccc1)C(N)c1ccccc1. The van der Waals surface area contributed by atoms with Crippen molar-refractivity contribution in [3.63, 3.8) is 0 Å². The molecule has 2 rings (SSSR count). The minimum Gasteiger partial charge on any atom is -0.354 e. The Hall–Kier alpha value is -2.66. The van der Waals surface area contributed by atoms with E-state index in [-0.39, 0.29) is 23.8 Å². The molecule has 0 aliphatic rings. The number of carbonyl (C=O) groups is 2. The predicted octanol–water partition coefficient (Wildman–Crippen LogP) is 1.87. The number of nitrogens with two attached hydrogens (primary N) is 1. The number of carbonyl (C=O) groups excluding carboxylic acids is 2. The molecule has 0 fully saturated rings. The molecule has 0 aromatic heterocycles. The summed E-state index contributed by atoms with van der Waals surface area (Å²) in [4.78, 5) is 24.0. The second-order valence-electron chi connectivity index (χ2n) is 5.64. The van der Waals surface area contributed by atoms with Gasteiger partial charge in [-0.05, 0) is 17.7 Å². The Bertz CT molecular complexity index is 659. The average molecular weight is 325 g/mol. The van der Waals surface area contributed by atoms with Crippen molar-refractivity contribution in [3.8, 4) is 0 Å². The lowest BCUT2D eigenvalue weighted by molar-refractivity contribution is -0.125. The summed E-state index contributed by atoms with van der Waals surface area (Å²) in [5, 5.41) is 5.58. The fraction of sp³-hybridized carbons (Fsp3) is 0.263. The number of rotatable bonds is 7. The Kier molecular flexibility index (Phi) is 6.51. The molecule has 2 aromatic rings. The van der Waals surface area contributed by atoms with Gasteiger partial charge >= 0.3 is 0 Å². The summed E-state index contributed by atoms with van der Waals surface area (Å²) >= 11 is 0. The Morgan fingerprint density at radius 3 is 2.08 bits per heavy atom. The standard InChI is InChI=1S/C19H23N3O2/c1-14(17(20)15-8-4-2-5-9-15)18(23)21-12-13-22-19(24)16-10-6-3-7-11-16/h2-11,14,17H,12-13,20H2,1H3,(H,21,23)(H,22,24). The fourth-order valence-corrected chi connectivity index (χ4v) is 2.34. The topological polar surface area (TPSA) is 84.2 Å². The number of amides is 2. The summed E-state index contributed by atoms with van der Waals surface area (Å²) in [6, 6.07) is 18.1. The average Bonchev–Trinajstić information content (AvgIpc) is 2.65. The van der Waals surface area contributed by atoms with Gasteiger partial charge in [-0.1, -0.05) is 55.5 Å². The van der Waals surface area contributed by atoms with Gasteiger partial charge in [0.1, 0.15) is 0 Å². The van der Waals surface area contributed by atoms with Crippen LogP contribution in [0.1, 0.15) is 28.9 Å². The molecule has 0 spiro atoms. The van der Waals surface area contributed by atoms with E-state index in [9.17, 15) is 9.59 Å². The first-order valence-electron chi connectivity index (χ1n) is 8.01. The van der Waals surface area contributed by atoms with E-state index in [1.807, 2.05) is 48.5 Å². The van der Waals surface area contributed by atoms with Gasteiger partial charge < -0.3 is 16.4 Å². The molecule has 2 atom stereocenters. The van der Waals surface area contributed by atoms with E-state index in [0.717, 1.165) is 5.56 Å². The zero-order valence-corrected chi connectivity index (χ0v) is 13.7. The molecule has 2 aromatic carbocycles. The van der Waals surface area contributed by atoms with Gasteiger partial charge in [0.15, 0.2) is 0 Å². The third-order valence-corrected chi connectivity index (χ3v) is 3.88. The summed E-state index contributed by atoms with van der Waals surface area (Å²) in [6.07, 6.45) is 0. The molecule has 0 bridgehead atoms. The molecule has 2 unspecified atom stereocenters. The largest absolute Gasteiger partial charge is 0.354 e. The second-order valence-corrected chi connectivity index (χ2v) is 5.64. The normalized spacial score (nSPS) is 12.9. The van der Waals surface area contributed by atoms with E-state index < -0.39 is 0 Å². The maximum absolute atomic E-state index is 12.2. The molecule has 24 heavy (non-hydrogen) atoms. The molecule has 2 amide bonds. The highest BCUT2D eigenvalue weighted by Crippen LogP contribution is 2.18. The molecule has 4 N–H and O–H groups in total. The zero-order chi connectivity index (χ0) is 17.4. The molecule has 0 saturated heterocycles. The third kappa shape index (κ3) is 4.93. The van der Waals surface area contributed by atoms with Crippen molar-refractivity contribution in [1.82, 2.24) is 10.6 Å². The van der Waals surface area contributed by atoms with Gasteiger partial charge in [-0.3, -0.25) is 9.59 Å². The monoisotopic (exact) mass is 325 g/mol. The van der Waals surface area contributed by atoms with Crippen LogP contribution in [0.2, 0.25) is 0 Å². The number of hydrogen-bond acceptors (Lipinski definition) is 3. The Balaban J connectivity index is 1.74. The van der Waals surface area contributed by atoms with Crippen LogP contribution in [0.15, 0.2) is 60.7 Å². The molecular weight excluding hydrogens is 302 g/mol. The summed E-state index contributed by atoms with van der Waals surface area (Å²) in [6.45, 7) is 2.53. The molecule has 126 valence electrons. The molecule has 5 heteroatoms. The Morgan fingerprint density at radius 2 is 1.46 bits per heavy atom. The van der Waals surface area contributed by atoms with Crippen LogP contribution in [0.25, 0.3) is 0 Å². The lowest BCUT2D eigenvalue weighted by Crippen LogP contribution is -2.39. The summed E-state index contributed by atoms with van der Waals surface area (Å²) < 4.78 is 0. The maximum atomic E-state index is 12.2. The minimum absolute atomic E-state index is 0.125. The van der Waals surface area contributed by atoms with E-state index in [4.69, 9.17) is 5.73 Å². The van der Waals surface area contributed by atoms with E-state index in [1.54, 1.807) is 19.1 Å². The van der Waals surface area contributed by atoms with Gasteiger partial charge in [-0.25, -0.2) is 0 Å². The van der Waals surface area contributed by atoms with Crippen LogP contribution in [0, 0.1) is 5.92 Å². The fourth-order valence-electron chi connectivity index (χ4n) is 2.34. The van der Waals surface area contributed by atoms with Crippen molar-refractivity contribution >= 4 is 11.8 Å². The predicted molar refractivity (Wildman–Crippen MR) is 94.3 cm³/mol. The number of benzene rings is 2. The van der Waals surface area contributed by atoms with Gasteiger partial charge in [-0.15, -0.1) is 0 Å². The van der Waals surface area contributed by atoms with Gasteiger partial charge in [0.2, 0.25) is 5.91 Å². The van der Waals surface area contributed by atoms with Gasteiger partial charge in [0.05, 0.1) is 5.92 Å². The first-order chi connectivity index (χ1) is 11.6. The number of nitrogens with one attached hydrogen (secondary N) is 2. The zero-order valence-electron chi connectivity index (χ0n) is 13.7. The van der Waals surface area contributed by atoms with Crippen LogP contribution in [0.5, 0.6) is 0 Å². The third-order valence-electron chi connectivity index (χ3n) is 3.88. The molecular formula is C19H23N3O2. The second kappa shape index (κ2) is 8.84. The van der Waals surface area contributed by atoms with E-state index in [2.05, 4.69) is 10.6 Å². The molecule has 0 aliphatic carbocycles. The van der Waals surface area contributed by atoms with E-state index in [0.29, 0.717) is 18.7 Å².